The van der Waals surface area contributed by atoms with Gasteiger partial charge in [-0.15, -0.1) is 11.3 Å². The molecule has 20 heavy (non-hydrogen) atoms. The molecule has 1 rings (SSSR count). The zero-order valence-corrected chi connectivity index (χ0v) is 13.2. The predicted octanol–water partition coefficient (Wildman–Crippen LogP) is 2.61. The fourth-order valence-electron chi connectivity index (χ4n) is 1.72. The van der Waals surface area contributed by atoms with Gasteiger partial charge in [0.2, 0.25) is 5.91 Å². The van der Waals surface area contributed by atoms with Gasteiger partial charge in [-0.2, -0.15) is 0 Å². The molecule has 112 valence electrons. The summed E-state index contributed by atoms with van der Waals surface area (Å²) in [6.07, 6.45) is 0.982. The summed E-state index contributed by atoms with van der Waals surface area (Å²) in [5.41, 5.74) is 7.06. The van der Waals surface area contributed by atoms with E-state index in [1.165, 1.54) is 11.3 Å². The highest BCUT2D eigenvalue weighted by Crippen LogP contribution is 2.33. The van der Waals surface area contributed by atoms with Crippen molar-refractivity contribution in [1.29, 1.82) is 0 Å². The first-order valence-corrected chi connectivity index (χ1v) is 7.54. The molecule has 1 amide bonds. The van der Waals surface area contributed by atoms with Crippen LogP contribution in [0.4, 0.5) is 5.00 Å². The quantitative estimate of drug-likeness (QED) is 0.791. The van der Waals surface area contributed by atoms with E-state index in [9.17, 15) is 9.59 Å². The Balaban J connectivity index is 2.92. The summed E-state index contributed by atoms with van der Waals surface area (Å²) in [7, 11) is 0. The van der Waals surface area contributed by atoms with E-state index in [-0.39, 0.29) is 18.4 Å². The summed E-state index contributed by atoms with van der Waals surface area (Å²) in [5.74, 6) is -0.574. The highest BCUT2D eigenvalue weighted by molar-refractivity contribution is 7.16. The Morgan fingerprint density at radius 2 is 2.00 bits per heavy atom. The molecule has 6 heteroatoms. The molecule has 1 atom stereocenters. The number of carbonyl (C=O) groups excluding carboxylic acids is 2. The fraction of sp³-hybridized carbons (Fsp3) is 0.571. The van der Waals surface area contributed by atoms with E-state index in [4.69, 9.17) is 10.5 Å². The van der Waals surface area contributed by atoms with Crippen molar-refractivity contribution in [1.82, 2.24) is 0 Å². The number of ether oxygens (including phenoxy) is 1. The maximum Gasteiger partial charge on any atom is 0.341 e. The molecule has 5 nitrogen and oxygen atoms in total. The molecule has 0 aliphatic heterocycles. The first-order valence-electron chi connectivity index (χ1n) is 6.73. The number of nitrogens with one attached hydrogen (secondary N) is 1. The van der Waals surface area contributed by atoms with Crippen molar-refractivity contribution >= 4 is 28.2 Å². The lowest BCUT2D eigenvalue weighted by Gasteiger charge is -2.10. The van der Waals surface area contributed by atoms with Gasteiger partial charge in [-0.3, -0.25) is 4.79 Å². The second kappa shape index (κ2) is 7.40. The molecule has 0 aliphatic rings. The molecule has 3 N–H and O–H groups in total. The topological polar surface area (TPSA) is 81.4 Å². The molecule has 0 radical (unpaired) electrons. The third-order valence-corrected chi connectivity index (χ3v) is 4.21. The van der Waals surface area contributed by atoms with Crippen molar-refractivity contribution in [3.63, 3.8) is 0 Å². The number of rotatable bonds is 6. The molecule has 1 unspecified atom stereocenters. The van der Waals surface area contributed by atoms with Crippen molar-refractivity contribution in [3.05, 3.63) is 16.0 Å². The molecule has 1 heterocycles. The van der Waals surface area contributed by atoms with Crippen molar-refractivity contribution in [2.24, 2.45) is 5.73 Å². The fourth-order valence-corrected chi connectivity index (χ4v) is 2.79. The number of aryl methyl sites for hydroxylation is 1. The number of hydrogen-bond donors (Lipinski definition) is 2. The van der Waals surface area contributed by atoms with E-state index in [2.05, 4.69) is 5.32 Å². The molecule has 0 saturated heterocycles. The Morgan fingerprint density at radius 3 is 2.55 bits per heavy atom. The van der Waals surface area contributed by atoms with Crippen LogP contribution in [0.25, 0.3) is 0 Å². The third kappa shape index (κ3) is 4.05. The van der Waals surface area contributed by atoms with E-state index in [0.717, 1.165) is 16.9 Å². The number of amides is 1. The summed E-state index contributed by atoms with van der Waals surface area (Å²) >= 11 is 1.38. The SMILES string of the molecule is CCOC(=O)c1c(NC(=O)CC(N)CC)sc(C)c1C. The van der Waals surface area contributed by atoms with Gasteiger partial charge in [-0.25, -0.2) is 4.79 Å². The Hall–Kier alpha value is -1.40. The van der Waals surface area contributed by atoms with Gasteiger partial charge < -0.3 is 15.8 Å². The minimum Gasteiger partial charge on any atom is -0.462 e. The average molecular weight is 298 g/mol. The maximum absolute atomic E-state index is 12.0. The predicted molar refractivity (Wildman–Crippen MR) is 81.3 cm³/mol. The molecule has 0 spiro atoms. The number of esters is 1. The lowest BCUT2D eigenvalue weighted by Crippen LogP contribution is -2.26. The van der Waals surface area contributed by atoms with Crippen LogP contribution in [0.5, 0.6) is 0 Å². The van der Waals surface area contributed by atoms with Gasteiger partial charge in [0.05, 0.1) is 12.2 Å². The minimum atomic E-state index is -0.399. The summed E-state index contributed by atoms with van der Waals surface area (Å²) in [6, 6.07) is -0.164. The lowest BCUT2D eigenvalue weighted by atomic mass is 10.1. The van der Waals surface area contributed by atoms with Gasteiger partial charge in [0.15, 0.2) is 0 Å². The zero-order chi connectivity index (χ0) is 15.3. The van der Waals surface area contributed by atoms with Crippen LogP contribution >= 0.6 is 11.3 Å². The molecular formula is C14H22N2O3S. The van der Waals surface area contributed by atoms with Gasteiger partial charge in [0, 0.05) is 17.3 Å². The Kier molecular flexibility index (Phi) is 6.16. The van der Waals surface area contributed by atoms with Crippen molar-refractivity contribution in [2.75, 3.05) is 11.9 Å². The lowest BCUT2D eigenvalue weighted by molar-refractivity contribution is -0.116. The number of anilines is 1. The average Bonchev–Trinajstić information content (AvgIpc) is 2.64. The van der Waals surface area contributed by atoms with Crippen LogP contribution in [0.2, 0.25) is 0 Å². The first kappa shape index (κ1) is 16.7. The molecule has 1 aromatic rings. The number of hydrogen-bond acceptors (Lipinski definition) is 5. The van der Waals surface area contributed by atoms with Gasteiger partial charge in [-0.05, 0) is 32.8 Å². The van der Waals surface area contributed by atoms with Crippen LogP contribution < -0.4 is 11.1 Å². The Bertz CT molecular complexity index is 497. The zero-order valence-electron chi connectivity index (χ0n) is 12.4. The molecule has 0 fully saturated rings. The van der Waals surface area contributed by atoms with Crippen molar-refractivity contribution < 1.29 is 14.3 Å². The number of carbonyl (C=O) groups is 2. The van der Waals surface area contributed by atoms with Crippen molar-refractivity contribution in [2.45, 2.75) is 46.6 Å². The van der Waals surface area contributed by atoms with Gasteiger partial charge in [-0.1, -0.05) is 6.92 Å². The minimum absolute atomic E-state index is 0.164. The highest BCUT2D eigenvalue weighted by atomic mass is 32.1. The summed E-state index contributed by atoms with van der Waals surface area (Å²) in [6.45, 7) is 7.76. The molecule has 0 saturated carbocycles. The standard InChI is InChI=1S/C14H22N2O3S/c1-5-10(15)7-11(17)16-13-12(14(18)19-6-2)8(3)9(4)20-13/h10H,5-7,15H2,1-4H3,(H,16,17). The maximum atomic E-state index is 12.0. The van der Waals surface area contributed by atoms with Gasteiger partial charge >= 0.3 is 5.97 Å². The molecule has 0 bridgehead atoms. The van der Waals surface area contributed by atoms with Crippen molar-refractivity contribution in [3.8, 4) is 0 Å². The number of nitrogens with two attached hydrogens (primary N) is 1. The monoisotopic (exact) mass is 298 g/mol. The Morgan fingerprint density at radius 1 is 1.35 bits per heavy atom. The molecule has 1 aromatic heterocycles. The summed E-state index contributed by atoms with van der Waals surface area (Å²) in [5, 5.41) is 3.32. The van der Waals surface area contributed by atoms with Gasteiger partial charge in [0.25, 0.3) is 0 Å². The largest absolute Gasteiger partial charge is 0.462 e. The second-order valence-electron chi connectivity index (χ2n) is 4.63. The van der Waals surface area contributed by atoms with E-state index in [0.29, 0.717) is 17.2 Å². The van der Waals surface area contributed by atoms with Crippen LogP contribution in [0.1, 0.15) is 47.5 Å². The summed E-state index contributed by atoms with van der Waals surface area (Å²) in [4.78, 5) is 24.9. The van der Waals surface area contributed by atoms with Gasteiger partial charge in [0.1, 0.15) is 5.00 Å². The van der Waals surface area contributed by atoms with Crippen LogP contribution in [0, 0.1) is 13.8 Å². The van der Waals surface area contributed by atoms with E-state index >= 15 is 0 Å². The molecular weight excluding hydrogens is 276 g/mol. The van der Waals surface area contributed by atoms with Crippen LogP contribution in [-0.2, 0) is 9.53 Å². The van der Waals surface area contributed by atoms with E-state index < -0.39 is 5.97 Å². The summed E-state index contributed by atoms with van der Waals surface area (Å²) < 4.78 is 5.04. The highest BCUT2D eigenvalue weighted by Gasteiger charge is 2.22. The molecule has 0 aromatic carbocycles. The third-order valence-electron chi connectivity index (χ3n) is 3.09. The van der Waals surface area contributed by atoms with Crippen LogP contribution in [0.3, 0.4) is 0 Å². The smallest absolute Gasteiger partial charge is 0.341 e. The number of thiophene rings is 1. The second-order valence-corrected chi connectivity index (χ2v) is 5.85. The Labute approximate surface area is 123 Å². The van der Waals surface area contributed by atoms with Crippen LogP contribution in [-0.4, -0.2) is 24.5 Å². The first-order chi connectivity index (χ1) is 9.40. The molecule has 0 aliphatic carbocycles. The van der Waals surface area contributed by atoms with E-state index in [1.54, 1.807) is 6.92 Å². The van der Waals surface area contributed by atoms with Crippen LogP contribution in [0.15, 0.2) is 0 Å². The normalized spacial score (nSPS) is 12.1. The van der Waals surface area contributed by atoms with E-state index in [1.807, 2.05) is 20.8 Å².